The second-order valence-electron chi connectivity index (χ2n) is 6.10. The normalized spacial score (nSPS) is 22.9. The molecule has 7 heteroatoms. The van der Waals surface area contributed by atoms with E-state index in [2.05, 4.69) is 0 Å². The van der Waals surface area contributed by atoms with E-state index in [9.17, 15) is 18.8 Å². The molecule has 1 aromatic carbocycles. The smallest absolute Gasteiger partial charge is 0.308 e. The standard InChI is InChI=1S/C17H19FN2O4/c1-24-17(23)11-6-8-19(9-7-11)14-10-15(21)20(16(14)22)13-4-2-12(18)3-5-13/h2-5,11,14H,6-10H2,1H3. The number of rotatable bonds is 3. The zero-order valence-corrected chi connectivity index (χ0v) is 13.4. The highest BCUT2D eigenvalue weighted by atomic mass is 19.1. The minimum atomic E-state index is -0.513. The molecule has 2 heterocycles. The second kappa shape index (κ2) is 6.68. The molecule has 0 radical (unpaired) electrons. The quantitative estimate of drug-likeness (QED) is 0.616. The van der Waals surface area contributed by atoms with Crippen LogP contribution in [0.5, 0.6) is 0 Å². The van der Waals surface area contributed by atoms with Gasteiger partial charge in [0.05, 0.1) is 31.2 Å². The molecule has 0 bridgehead atoms. The molecule has 1 unspecified atom stereocenters. The van der Waals surface area contributed by atoms with Crippen LogP contribution in [0.15, 0.2) is 24.3 Å². The molecule has 0 N–H and O–H groups in total. The molecule has 1 atom stereocenters. The summed E-state index contributed by atoms with van der Waals surface area (Å²) in [5.74, 6) is -1.36. The fraction of sp³-hybridized carbons (Fsp3) is 0.471. The van der Waals surface area contributed by atoms with Crippen LogP contribution in [0.4, 0.5) is 10.1 Å². The van der Waals surface area contributed by atoms with Crippen LogP contribution in [0.1, 0.15) is 19.3 Å². The number of esters is 1. The molecule has 24 heavy (non-hydrogen) atoms. The van der Waals surface area contributed by atoms with E-state index in [0.29, 0.717) is 31.6 Å². The molecule has 1 aromatic rings. The molecular formula is C17H19FN2O4. The zero-order valence-electron chi connectivity index (χ0n) is 13.4. The molecule has 2 aliphatic rings. The number of likely N-dealkylation sites (tertiary alicyclic amines) is 1. The van der Waals surface area contributed by atoms with Gasteiger partial charge in [-0.15, -0.1) is 0 Å². The third-order valence-corrected chi connectivity index (χ3v) is 4.71. The van der Waals surface area contributed by atoms with Crippen molar-refractivity contribution in [1.82, 2.24) is 4.90 Å². The zero-order chi connectivity index (χ0) is 17.3. The van der Waals surface area contributed by atoms with E-state index in [1.54, 1.807) is 0 Å². The van der Waals surface area contributed by atoms with Crippen molar-refractivity contribution in [1.29, 1.82) is 0 Å². The number of methoxy groups -OCH3 is 1. The largest absolute Gasteiger partial charge is 0.469 e. The van der Waals surface area contributed by atoms with Crippen molar-refractivity contribution in [3.8, 4) is 0 Å². The average molecular weight is 334 g/mol. The third kappa shape index (κ3) is 3.03. The highest BCUT2D eigenvalue weighted by Crippen LogP contribution is 2.29. The lowest BCUT2D eigenvalue weighted by Crippen LogP contribution is -2.46. The Bertz CT molecular complexity index is 653. The summed E-state index contributed by atoms with van der Waals surface area (Å²) in [5.41, 5.74) is 0.387. The Hall–Kier alpha value is -2.28. The Morgan fingerprint density at radius 2 is 1.79 bits per heavy atom. The Labute approximate surface area is 139 Å². The van der Waals surface area contributed by atoms with Crippen molar-refractivity contribution in [2.75, 3.05) is 25.1 Å². The number of ether oxygens (including phenoxy) is 1. The molecule has 6 nitrogen and oxygen atoms in total. The molecule has 2 aliphatic heterocycles. The molecule has 0 aliphatic carbocycles. The molecule has 3 rings (SSSR count). The van der Waals surface area contributed by atoms with E-state index in [1.807, 2.05) is 4.90 Å². The SMILES string of the molecule is COC(=O)C1CCN(C2CC(=O)N(c3ccc(F)cc3)C2=O)CC1. The Morgan fingerprint density at radius 3 is 2.38 bits per heavy atom. The molecule has 0 aromatic heterocycles. The van der Waals surface area contributed by atoms with Crippen LogP contribution < -0.4 is 4.90 Å². The lowest BCUT2D eigenvalue weighted by molar-refractivity contribution is -0.147. The van der Waals surface area contributed by atoms with Crippen LogP contribution in [0.2, 0.25) is 0 Å². The number of nitrogens with zero attached hydrogens (tertiary/aromatic N) is 2. The lowest BCUT2D eigenvalue weighted by Gasteiger charge is -2.33. The topological polar surface area (TPSA) is 66.9 Å². The average Bonchev–Trinajstić information content (AvgIpc) is 2.90. The van der Waals surface area contributed by atoms with Gasteiger partial charge < -0.3 is 4.74 Å². The summed E-state index contributed by atoms with van der Waals surface area (Å²) >= 11 is 0. The number of anilines is 1. The number of hydrogen-bond acceptors (Lipinski definition) is 5. The molecule has 0 spiro atoms. The van der Waals surface area contributed by atoms with E-state index >= 15 is 0 Å². The van der Waals surface area contributed by atoms with Crippen LogP contribution in [0.25, 0.3) is 0 Å². The van der Waals surface area contributed by atoms with E-state index < -0.39 is 11.9 Å². The number of carbonyl (C=O) groups excluding carboxylic acids is 3. The van der Waals surface area contributed by atoms with E-state index in [0.717, 1.165) is 4.90 Å². The van der Waals surface area contributed by atoms with Crippen molar-refractivity contribution in [2.24, 2.45) is 5.92 Å². The van der Waals surface area contributed by atoms with Crippen molar-refractivity contribution in [2.45, 2.75) is 25.3 Å². The summed E-state index contributed by atoms with van der Waals surface area (Å²) in [6.45, 7) is 1.14. The third-order valence-electron chi connectivity index (χ3n) is 4.71. The number of hydrogen-bond donors (Lipinski definition) is 0. The van der Waals surface area contributed by atoms with E-state index in [1.165, 1.54) is 31.4 Å². The summed E-state index contributed by atoms with van der Waals surface area (Å²) in [4.78, 5) is 39.5. The summed E-state index contributed by atoms with van der Waals surface area (Å²) in [6, 6.07) is 4.80. The Kier molecular flexibility index (Phi) is 4.62. The van der Waals surface area contributed by atoms with E-state index in [4.69, 9.17) is 4.74 Å². The maximum Gasteiger partial charge on any atom is 0.308 e. The molecule has 128 valence electrons. The van der Waals surface area contributed by atoms with Crippen LogP contribution >= 0.6 is 0 Å². The highest BCUT2D eigenvalue weighted by molar-refractivity contribution is 6.22. The minimum absolute atomic E-state index is 0.110. The van der Waals surface area contributed by atoms with Crippen LogP contribution in [0.3, 0.4) is 0 Å². The molecule has 0 saturated carbocycles. The van der Waals surface area contributed by atoms with Crippen molar-refractivity contribution in [3.05, 3.63) is 30.1 Å². The lowest BCUT2D eigenvalue weighted by atomic mass is 9.95. The van der Waals surface area contributed by atoms with Crippen LogP contribution in [-0.2, 0) is 19.1 Å². The first-order valence-electron chi connectivity index (χ1n) is 7.95. The van der Waals surface area contributed by atoms with Crippen LogP contribution in [-0.4, -0.2) is 48.9 Å². The number of imide groups is 1. The van der Waals surface area contributed by atoms with Gasteiger partial charge >= 0.3 is 5.97 Å². The summed E-state index contributed by atoms with van der Waals surface area (Å²) in [5, 5.41) is 0. The predicted molar refractivity (Wildman–Crippen MR) is 83.6 cm³/mol. The van der Waals surface area contributed by atoms with Crippen molar-refractivity contribution >= 4 is 23.5 Å². The summed E-state index contributed by atoms with van der Waals surface area (Å²) in [6.07, 6.45) is 1.33. The van der Waals surface area contributed by atoms with Gasteiger partial charge in [0.1, 0.15) is 5.82 Å². The second-order valence-corrected chi connectivity index (χ2v) is 6.10. The van der Waals surface area contributed by atoms with E-state index in [-0.39, 0.29) is 30.1 Å². The van der Waals surface area contributed by atoms with Gasteiger partial charge in [0, 0.05) is 0 Å². The van der Waals surface area contributed by atoms with Gasteiger partial charge in [-0.1, -0.05) is 0 Å². The first-order chi connectivity index (χ1) is 11.5. The number of piperidine rings is 1. The summed E-state index contributed by atoms with van der Waals surface area (Å²) < 4.78 is 17.8. The van der Waals surface area contributed by atoms with Gasteiger partial charge in [-0.2, -0.15) is 0 Å². The number of amides is 2. The molecular weight excluding hydrogens is 315 g/mol. The van der Waals surface area contributed by atoms with Crippen molar-refractivity contribution in [3.63, 3.8) is 0 Å². The first kappa shape index (κ1) is 16.6. The van der Waals surface area contributed by atoms with Gasteiger partial charge in [0.2, 0.25) is 5.91 Å². The number of carbonyl (C=O) groups is 3. The predicted octanol–water partition coefficient (Wildman–Crippen LogP) is 1.34. The Balaban J connectivity index is 1.68. The number of halogens is 1. The van der Waals surface area contributed by atoms with Crippen molar-refractivity contribution < 1.29 is 23.5 Å². The van der Waals surface area contributed by atoms with Gasteiger partial charge in [0.15, 0.2) is 0 Å². The maximum absolute atomic E-state index is 13.0. The van der Waals surface area contributed by atoms with Crippen LogP contribution in [0, 0.1) is 11.7 Å². The molecule has 2 fully saturated rings. The fourth-order valence-corrected chi connectivity index (χ4v) is 3.38. The maximum atomic E-state index is 13.0. The summed E-state index contributed by atoms with van der Waals surface area (Å²) in [7, 11) is 1.37. The minimum Gasteiger partial charge on any atom is -0.469 e. The molecule has 2 saturated heterocycles. The van der Waals surface area contributed by atoms with Gasteiger partial charge in [-0.05, 0) is 50.2 Å². The molecule has 2 amide bonds. The number of benzene rings is 1. The fourth-order valence-electron chi connectivity index (χ4n) is 3.38. The van der Waals surface area contributed by atoms with Gasteiger partial charge in [0.25, 0.3) is 5.91 Å². The monoisotopic (exact) mass is 334 g/mol. The van der Waals surface area contributed by atoms with Gasteiger partial charge in [-0.3, -0.25) is 19.3 Å². The van der Waals surface area contributed by atoms with Gasteiger partial charge in [-0.25, -0.2) is 9.29 Å². The Morgan fingerprint density at radius 1 is 1.17 bits per heavy atom. The first-order valence-corrected chi connectivity index (χ1v) is 7.95. The highest BCUT2D eigenvalue weighted by Gasteiger charge is 2.43.